The minimum atomic E-state index is -0.780. The Hall–Kier alpha value is -4.41. The van der Waals surface area contributed by atoms with Crippen molar-refractivity contribution in [1.29, 1.82) is 0 Å². The van der Waals surface area contributed by atoms with Gasteiger partial charge in [-0.2, -0.15) is 0 Å². The minimum Gasteiger partial charge on any atom is -0.397 e. The third-order valence-electron chi connectivity index (χ3n) is 3.86. The molecule has 0 aliphatic rings. The Labute approximate surface area is 173 Å². The summed E-state index contributed by atoms with van der Waals surface area (Å²) in [4.78, 5) is 26.2. The fourth-order valence-electron chi connectivity index (χ4n) is 2.19. The first-order valence-corrected chi connectivity index (χ1v) is 8.61. The number of H-pyrrole nitrogens is 2. The second-order valence-corrected chi connectivity index (χ2v) is 6.08. The van der Waals surface area contributed by atoms with Crippen LogP contribution in [0.15, 0.2) is 64.2 Å². The molecule has 0 radical (unpaired) electrons. The van der Waals surface area contributed by atoms with Gasteiger partial charge in [0.25, 0.3) is 0 Å². The van der Waals surface area contributed by atoms with Crippen LogP contribution in [-0.4, -0.2) is 9.97 Å². The molecule has 0 unspecified atom stereocenters. The van der Waals surface area contributed by atoms with Crippen LogP contribution in [-0.2, 0) is 0 Å². The number of hydrogen-bond acceptors (Lipinski definition) is 6. The third kappa shape index (κ3) is 6.03. The molecular formula is C20H19F3N6O2. The van der Waals surface area contributed by atoms with Crippen molar-refractivity contribution in [3.8, 4) is 0 Å². The zero-order valence-corrected chi connectivity index (χ0v) is 16.0. The van der Waals surface area contributed by atoms with Gasteiger partial charge in [0.2, 0.25) is 0 Å². The monoisotopic (exact) mass is 432 g/mol. The number of benzene rings is 3. The normalized spacial score (nSPS) is 9.90. The number of fused-ring (bicyclic) bond motifs is 1. The summed E-state index contributed by atoms with van der Waals surface area (Å²) in [6.07, 6.45) is 0. The van der Waals surface area contributed by atoms with Gasteiger partial charge >= 0.3 is 11.1 Å². The number of aromatic nitrogens is 2. The van der Waals surface area contributed by atoms with E-state index < -0.39 is 28.6 Å². The Morgan fingerprint density at radius 2 is 1.06 bits per heavy atom. The molecule has 8 nitrogen and oxygen atoms in total. The summed E-state index contributed by atoms with van der Waals surface area (Å²) in [7, 11) is 0. The van der Waals surface area contributed by atoms with Gasteiger partial charge in [0.1, 0.15) is 17.5 Å². The molecule has 1 aromatic heterocycles. The predicted molar refractivity (Wildman–Crippen MR) is 116 cm³/mol. The Morgan fingerprint density at radius 3 is 1.48 bits per heavy atom. The maximum atomic E-state index is 12.7. The quantitative estimate of drug-likeness (QED) is 0.184. The first kappa shape index (κ1) is 22.9. The molecule has 0 bridgehead atoms. The van der Waals surface area contributed by atoms with Crippen molar-refractivity contribution in [3.05, 3.63) is 92.8 Å². The van der Waals surface area contributed by atoms with Gasteiger partial charge in [-0.25, -0.2) is 13.2 Å². The molecule has 162 valence electrons. The first-order valence-electron chi connectivity index (χ1n) is 8.61. The number of nitrogen functional groups attached to an aromatic ring is 4. The summed E-state index contributed by atoms with van der Waals surface area (Å²) < 4.78 is 37.4. The van der Waals surface area contributed by atoms with Gasteiger partial charge in [0.05, 0.1) is 33.8 Å². The van der Waals surface area contributed by atoms with Gasteiger partial charge in [-0.05, 0) is 42.5 Å². The van der Waals surface area contributed by atoms with Gasteiger partial charge in [-0.1, -0.05) is 12.1 Å². The zero-order chi connectivity index (χ0) is 23.1. The van der Waals surface area contributed by atoms with E-state index in [0.29, 0.717) is 5.52 Å². The average Bonchev–Trinajstić information content (AvgIpc) is 2.72. The molecule has 3 aromatic carbocycles. The van der Waals surface area contributed by atoms with E-state index in [4.69, 9.17) is 22.9 Å². The van der Waals surface area contributed by atoms with Gasteiger partial charge in [-0.15, -0.1) is 0 Å². The van der Waals surface area contributed by atoms with E-state index in [1.807, 2.05) is 0 Å². The molecule has 0 spiro atoms. The Balaban J connectivity index is 0.000000170. The summed E-state index contributed by atoms with van der Waals surface area (Å²) in [6, 6.07) is 12.4. The lowest BCUT2D eigenvalue weighted by molar-refractivity contribution is 0.629. The second-order valence-electron chi connectivity index (χ2n) is 6.08. The summed E-state index contributed by atoms with van der Waals surface area (Å²) >= 11 is 0. The highest BCUT2D eigenvalue weighted by Gasteiger charge is 2.00. The Kier molecular flexibility index (Phi) is 7.28. The van der Waals surface area contributed by atoms with Crippen LogP contribution in [0.5, 0.6) is 0 Å². The SMILES string of the molecule is Nc1cccc(F)c1N.Nc1cccc(F)c1N.O=c1[nH]c2ccc(F)cc2[nH]c1=O. The van der Waals surface area contributed by atoms with Gasteiger partial charge < -0.3 is 32.9 Å². The molecule has 1 heterocycles. The molecule has 0 aliphatic carbocycles. The number of halogens is 3. The summed E-state index contributed by atoms with van der Waals surface area (Å²) in [5.74, 6) is -1.39. The molecule has 31 heavy (non-hydrogen) atoms. The maximum absolute atomic E-state index is 12.7. The lowest BCUT2D eigenvalue weighted by Gasteiger charge is -1.97. The average molecular weight is 432 g/mol. The topological polar surface area (TPSA) is 170 Å². The lowest BCUT2D eigenvalue weighted by Crippen LogP contribution is -2.28. The summed E-state index contributed by atoms with van der Waals surface area (Å²) in [6.45, 7) is 0. The second kappa shape index (κ2) is 9.87. The lowest BCUT2D eigenvalue weighted by atomic mass is 10.3. The molecule has 10 N–H and O–H groups in total. The number of hydrogen-bond donors (Lipinski definition) is 6. The molecule has 0 atom stereocenters. The number of para-hydroxylation sites is 2. The highest BCUT2D eigenvalue weighted by Crippen LogP contribution is 2.17. The third-order valence-corrected chi connectivity index (χ3v) is 3.86. The molecule has 0 fully saturated rings. The first-order chi connectivity index (χ1) is 14.6. The number of rotatable bonds is 0. The van der Waals surface area contributed by atoms with E-state index in [0.717, 1.165) is 6.07 Å². The van der Waals surface area contributed by atoms with Crippen LogP contribution in [0.1, 0.15) is 0 Å². The summed E-state index contributed by atoms with van der Waals surface area (Å²) in [5.41, 5.74) is 20.7. The van der Waals surface area contributed by atoms with E-state index in [1.165, 1.54) is 36.4 Å². The predicted octanol–water partition coefficient (Wildman–Crippen LogP) is 2.34. The summed E-state index contributed by atoms with van der Waals surface area (Å²) in [5, 5.41) is 0. The van der Waals surface area contributed by atoms with Crippen molar-refractivity contribution >= 4 is 33.8 Å². The van der Waals surface area contributed by atoms with Crippen LogP contribution in [0, 0.1) is 17.5 Å². The Bertz CT molecular complexity index is 1230. The molecule has 0 saturated heterocycles. The van der Waals surface area contributed by atoms with Crippen molar-refractivity contribution in [2.24, 2.45) is 0 Å². The van der Waals surface area contributed by atoms with Gasteiger partial charge in [-0.3, -0.25) is 9.59 Å². The van der Waals surface area contributed by atoms with E-state index in [-0.39, 0.29) is 28.3 Å². The van der Waals surface area contributed by atoms with E-state index >= 15 is 0 Å². The molecule has 0 saturated carbocycles. The standard InChI is InChI=1S/C8H5FN2O2.2C6H7FN2/c9-4-1-2-5-6(3-4)11-8(13)7(12)10-5;2*7-4-2-1-3-5(8)6(4)9/h1-3H,(H,10,12)(H,11,13);2*1-3H,8-9H2. The maximum Gasteiger partial charge on any atom is 0.314 e. The van der Waals surface area contributed by atoms with E-state index in [9.17, 15) is 22.8 Å². The molecule has 0 aliphatic heterocycles. The van der Waals surface area contributed by atoms with Crippen molar-refractivity contribution in [2.45, 2.75) is 0 Å². The van der Waals surface area contributed by atoms with Crippen LogP contribution < -0.4 is 34.1 Å². The van der Waals surface area contributed by atoms with Crippen molar-refractivity contribution in [2.75, 3.05) is 22.9 Å². The molecule has 4 aromatic rings. The van der Waals surface area contributed by atoms with E-state index in [1.54, 1.807) is 12.1 Å². The zero-order valence-electron chi connectivity index (χ0n) is 16.0. The van der Waals surface area contributed by atoms with Crippen molar-refractivity contribution < 1.29 is 13.2 Å². The molecular weight excluding hydrogens is 413 g/mol. The Morgan fingerprint density at radius 1 is 0.613 bits per heavy atom. The van der Waals surface area contributed by atoms with Gasteiger partial charge in [0, 0.05) is 0 Å². The van der Waals surface area contributed by atoms with Crippen LogP contribution in [0.3, 0.4) is 0 Å². The van der Waals surface area contributed by atoms with Crippen LogP contribution >= 0.6 is 0 Å². The van der Waals surface area contributed by atoms with E-state index in [2.05, 4.69) is 9.97 Å². The number of nitrogens with two attached hydrogens (primary N) is 4. The highest BCUT2D eigenvalue weighted by molar-refractivity contribution is 5.73. The van der Waals surface area contributed by atoms with Crippen LogP contribution in [0.4, 0.5) is 35.9 Å². The van der Waals surface area contributed by atoms with Crippen molar-refractivity contribution in [3.63, 3.8) is 0 Å². The highest BCUT2D eigenvalue weighted by atomic mass is 19.1. The number of anilines is 4. The number of aromatic amines is 2. The fraction of sp³-hybridized carbons (Fsp3) is 0. The van der Waals surface area contributed by atoms with Gasteiger partial charge in [0.15, 0.2) is 0 Å². The molecule has 4 rings (SSSR count). The van der Waals surface area contributed by atoms with Crippen LogP contribution in [0.2, 0.25) is 0 Å². The molecule has 0 amide bonds. The fourth-order valence-corrected chi connectivity index (χ4v) is 2.19. The molecule has 11 heteroatoms. The number of nitrogens with one attached hydrogen (secondary N) is 2. The smallest absolute Gasteiger partial charge is 0.314 e. The largest absolute Gasteiger partial charge is 0.397 e. The minimum absolute atomic E-state index is 0.0255. The van der Waals surface area contributed by atoms with Crippen molar-refractivity contribution in [1.82, 2.24) is 9.97 Å². The van der Waals surface area contributed by atoms with Crippen LogP contribution in [0.25, 0.3) is 11.0 Å².